The van der Waals surface area contributed by atoms with Gasteiger partial charge in [0.2, 0.25) is 0 Å². The molecule has 1 aromatic carbocycles. The third-order valence-corrected chi connectivity index (χ3v) is 4.96. The third-order valence-electron chi connectivity index (χ3n) is 4.96. The van der Waals surface area contributed by atoms with Crippen molar-refractivity contribution in [3.63, 3.8) is 0 Å². The van der Waals surface area contributed by atoms with Gasteiger partial charge in [-0.1, -0.05) is 43.4 Å². The predicted molar refractivity (Wildman–Crippen MR) is 84.3 cm³/mol. The Balaban J connectivity index is 1.63. The topological polar surface area (TPSA) is 23.5 Å². The highest BCUT2D eigenvalue weighted by Crippen LogP contribution is 2.31. The molecule has 3 rings (SSSR count). The molecule has 1 fully saturated rings. The van der Waals surface area contributed by atoms with Gasteiger partial charge in [0.25, 0.3) is 0 Å². The molecule has 1 aliphatic heterocycles. The lowest BCUT2D eigenvalue weighted by Gasteiger charge is -2.33. The number of nitrogens with zero attached hydrogens (tertiary/aromatic N) is 1. The molecular formula is C18H27NO. The van der Waals surface area contributed by atoms with Crippen LogP contribution in [0.3, 0.4) is 0 Å². The molecule has 1 aliphatic carbocycles. The second-order valence-electron chi connectivity index (χ2n) is 6.72. The summed E-state index contributed by atoms with van der Waals surface area (Å²) in [6.07, 6.45) is 8.62. The highest BCUT2D eigenvalue weighted by Gasteiger charge is 2.23. The number of hydrogen-bond acceptors (Lipinski definition) is 2. The highest BCUT2D eigenvalue weighted by molar-refractivity contribution is 5.56. The maximum absolute atomic E-state index is 10.4. The molecule has 0 bridgehead atoms. The average Bonchev–Trinajstić information content (AvgIpc) is 2.91. The first-order valence-corrected chi connectivity index (χ1v) is 8.25. The zero-order chi connectivity index (χ0) is 13.9. The summed E-state index contributed by atoms with van der Waals surface area (Å²) in [5, 5.41) is 10.4. The van der Waals surface area contributed by atoms with Crippen LogP contribution in [0.4, 0.5) is 5.69 Å². The minimum atomic E-state index is -0.162. The van der Waals surface area contributed by atoms with Crippen molar-refractivity contribution in [1.29, 1.82) is 0 Å². The fourth-order valence-electron chi connectivity index (χ4n) is 3.95. The molecule has 0 radical (unpaired) electrons. The SMILES string of the molecule is Cc1ccc2c(c1)CCCN2CC(O)CC1CCCC1. The number of hydrogen-bond donors (Lipinski definition) is 1. The van der Waals surface area contributed by atoms with Gasteiger partial charge in [-0.05, 0) is 43.7 Å². The van der Waals surface area contributed by atoms with Crippen LogP contribution in [0.1, 0.15) is 49.7 Å². The molecule has 0 aromatic heterocycles. The van der Waals surface area contributed by atoms with E-state index in [-0.39, 0.29) is 6.10 Å². The molecule has 0 amide bonds. The van der Waals surface area contributed by atoms with E-state index >= 15 is 0 Å². The summed E-state index contributed by atoms with van der Waals surface area (Å²) in [6, 6.07) is 6.75. The molecule has 0 spiro atoms. The lowest BCUT2D eigenvalue weighted by molar-refractivity contribution is 0.147. The van der Waals surface area contributed by atoms with Crippen molar-refractivity contribution in [3.8, 4) is 0 Å². The number of anilines is 1. The maximum atomic E-state index is 10.4. The first-order valence-electron chi connectivity index (χ1n) is 8.25. The van der Waals surface area contributed by atoms with Gasteiger partial charge in [0, 0.05) is 18.8 Å². The Kier molecular flexibility index (Phi) is 4.30. The predicted octanol–water partition coefficient (Wildman–Crippen LogP) is 3.69. The average molecular weight is 273 g/mol. The summed E-state index contributed by atoms with van der Waals surface area (Å²) < 4.78 is 0. The normalized spacial score (nSPS) is 21.0. The van der Waals surface area contributed by atoms with Crippen molar-refractivity contribution in [2.24, 2.45) is 5.92 Å². The zero-order valence-corrected chi connectivity index (χ0v) is 12.6. The Morgan fingerprint density at radius 3 is 2.85 bits per heavy atom. The zero-order valence-electron chi connectivity index (χ0n) is 12.6. The number of aryl methyl sites for hydroxylation is 2. The molecular weight excluding hydrogens is 246 g/mol. The van der Waals surface area contributed by atoms with E-state index in [0.717, 1.165) is 25.4 Å². The number of aliphatic hydroxyl groups is 1. The maximum Gasteiger partial charge on any atom is 0.0717 e. The van der Waals surface area contributed by atoms with Gasteiger partial charge < -0.3 is 10.0 Å². The molecule has 2 nitrogen and oxygen atoms in total. The molecule has 20 heavy (non-hydrogen) atoms. The van der Waals surface area contributed by atoms with Gasteiger partial charge in [-0.2, -0.15) is 0 Å². The molecule has 1 saturated carbocycles. The molecule has 1 unspecified atom stereocenters. The lowest BCUT2D eigenvalue weighted by atomic mass is 9.97. The Labute approximate surface area is 122 Å². The molecule has 2 heteroatoms. The van der Waals surface area contributed by atoms with Crippen molar-refractivity contribution in [3.05, 3.63) is 29.3 Å². The van der Waals surface area contributed by atoms with Crippen LogP contribution < -0.4 is 4.90 Å². The van der Waals surface area contributed by atoms with Crippen LogP contribution in [-0.2, 0) is 6.42 Å². The van der Waals surface area contributed by atoms with Gasteiger partial charge in [-0.25, -0.2) is 0 Å². The lowest BCUT2D eigenvalue weighted by Crippen LogP contribution is -2.37. The second kappa shape index (κ2) is 6.17. The van der Waals surface area contributed by atoms with Crippen LogP contribution in [0.5, 0.6) is 0 Å². The van der Waals surface area contributed by atoms with Crippen molar-refractivity contribution < 1.29 is 5.11 Å². The van der Waals surface area contributed by atoms with Crippen LogP contribution >= 0.6 is 0 Å². The standard InChI is InChI=1S/C18H27NO/c1-14-8-9-18-16(11-14)7-4-10-19(18)13-17(20)12-15-5-2-3-6-15/h8-9,11,15,17,20H,2-7,10,12-13H2,1H3. The molecule has 1 atom stereocenters. The van der Waals surface area contributed by atoms with E-state index in [0.29, 0.717) is 0 Å². The number of aliphatic hydroxyl groups excluding tert-OH is 1. The Morgan fingerprint density at radius 2 is 2.05 bits per heavy atom. The van der Waals surface area contributed by atoms with Crippen molar-refractivity contribution >= 4 is 5.69 Å². The Hall–Kier alpha value is -1.02. The fraction of sp³-hybridized carbons (Fsp3) is 0.667. The van der Waals surface area contributed by atoms with Gasteiger partial charge in [0.05, 0.1) is 6.10 Å². The van der Waals surface area contributed by atoms with E-state index in [9.17, 15) is 5.11 Å². The summed E-state index contributed by atoms with van der Waals surface area (Å²) >= 11 is 0. The monoisotopic (exact) mass is 273 g/mol. The second-order valence-corrected chi connectivity index (χ2v) is 6.72. The van der Waals surface area contributed by atoms with Gasteiger partial charge in [-0.3, -0.25) is 0 Å². The molecule has 110 valence electrons. The van der Waals surface area contributed by atoms with Crippen molar-refractivity contribution in [2.75, 3.05) is 18.0 Å². The minimum absolute atomic E-state index is 0.162. The molecule has 2 aliphatic rings. The van der Waals surface area contributed by atoms with Gasteiger partial charge in [0.1, 0.15) is 0 Å². The van der Waals surface area contributed by atoms with Crippen LogP contribution in [0.2, 0.25) is 0 Å². The van der Waals surface area contributed by atoms with Crippen LogP contribution in [-0.4, -0.2) is 24.3 Å². The van der Waals surface area contributed by atoms with E-state index in [1.807, 2.05) is 0 Å². The van der Waals surface area contributed by atoms with E-state index in [1.54, 1.807) is 0 Å². The summed E-state index contributed by atoms with van der Waals surface area (Å²) in [5.74, 6) is 0.771. The molecule has 0 saturated heterocycles. The summed E-state index contributed by atoms with van der Waals surface area (Å²) in [6.45, 7) is 4.07. The number of β-amino-alcohol motifs (C(OH)–C–C–N with tert-alkyl or cyclic N) is 1. The summed E-state index contributed by atoms with van der Waals surface area (Å²) in [7, 11) is 0. The Bertz CT molecular complexity index is 451. The van der Waals surface area contributed by atoms with Crippen molar-refractivity contribution in [2.45, 2.75) is 58.0 Å². The number of fused-ring (bicyclic) bond motifs is 1. The van der Waals surface area contributed by atoms with E-state index in [2.05, 4.69) is 30.0 Å². The fourth-order valence-corrected chi connectivity index (χ4v) is 3.95. The summed E-state index contributed by atoms with van der Waals surface area (Å²) in [4.78, 5) is 2.40. The molecule has 1 heterocycles. The van der Waals surface area contributed by atoms with Crippen LogP contribution in [0, 0.1) is 12.8 Å². The van der Waals surface area contributed by atoms with E-state index in [1.165, 1.54) is 55.3 Å². The number of rotatable bonds is 4. The first-order chi connectivity index (χ1) is 9.72. The smallest absolute Gasteiger partial charge is 0.0717 e. The van der Waals surface area contributed by atoms with Gasteiger partial charge in [-0.15, -0.1) is 0 Å². The number of benzene rings is 1. The van der Waals surface area contributed by atoms with E-state index < -0.39 is 0 Å². The largest absolute Gasteiger partial charge is 0.391 e. The molecule has 1 N–H and O–H groups in total. The third kappa shape index (κ3) is 3.17. The molecule has 1 aromatic rings. The first kappa shape index (κ1) is 13.9. The Morgan fingerprint density at radius 1 is 1.25 bits per heavy atom. The van der Waals surface area contributed by atoms with Crippen LogP contribution in [0.25, 0.3) is 0 Å². The van der Waals surface area contributed by atoms with Gasteiger partial charge >= 0.3 is 0 Å². The van der Waals surface area contributed by atoms with Crippen molar-refractivity contribution in [1.82, 2.24) is 0 Å². The minimum Gasteiger partial charge on any atom is -0.391 e. The van der Waals surface area contributed by atoms with E-state index in [4.69, 9.17) is 0 Å². The highest BCUT2D eigenvalue weighted by atomic mass is 16.3. The quantitative estimate of drug-likeness (QED) is 0.904. The summed E-state index contributed by atoms with van der Waals surface area (Å²) in [5.41, 5.74) is 4.16. The van der Waals surface area contributed by atoms with Gasteiger partial charge in [0.15, 0.2) is 0 Å². The van der Waals surface area contributed by atoms with Crippen LogP contribution in [0.15, 0.2) is 18.2 Å².